The Kier molecular flexibility index (Phi) is 5.19. The Balaban J connectivity index is 1.61. The van der Waals surface area contributed by atoms with Crippen LogP contribution in [0.15, 0.2) is 72.5 Å². The number of carbonyl (C=O) groups excluding carboxylic acids is 2. The topological polar surface area (TPSA) is 105 Å². The van der Waals surface area contributed by atoms with Crippen molar-refractivity contribution in [2.45, 2.75) is 0 Å². The summed E-state index contributed by atoms with van der Waals surface area (Å²) < 4.78 is 16.2. The van der Waals surface area contributed by atoms with E-state index < -0.39 is 10.9 Å². The van der Waals surface area contributed by atoms with Gasteiger partial charge in [0.25, 0.3) is 5.69 Å². The number of non-ortho nitro benzene ring substituents is 1. The lowest BCUT2D eigenvalue weighted by Crippen LogP contribution is -2.10. The molecule has 3 aromatic rings. The third-order valence-corrected chi connectivity index (χ3v) is 4.58. The van der Waals surface area contributed by atoms with E-state index in [1.54, 1.807) is 42.5 Å². The summed E-state index contributed by atoms with van der Waals surface area (Å²) >= 11 is 0. The molecular formula is C23H15NO7. The van der Waals surface area contributed by atoms with Crippen molar-refractivity contribution < 1.29 is 28.7 Å². The predicted molar refractivity (Wildman–Crippen MR) is 110 cm³/mol. The van der Waals surface area contributed by atoms with Crippen molar-refractivity contribution in [3.63, 3.8) is 0 Å². The molecule has 0 fully saturated rings. The maximum absolute atomic E-state index is 12.7. The van der Waals surface area contributed by atoms with Gasteiger partial charge in [-0.3, -0.25) is 14.9 Å². The van der Waals surface area contributed by atoms with Crippen LogP contribution < -0.4 is 14.2 Å². The first-order valence-corrected chi connectivity index (χ1v) is 9.14. The van der Waals surface area contributed by atoms with Crippen LogP contribution in [-0.4, -0.2) is 23.8 Å². The van der Waals surface area contributed by atoms with Crippen molar-refractivity contribution >= 4 is 23.5 Å². The van der Waals surface area contributed by atoms with E-state index in [2.05, 4.69) is 0 Å². The molecule has 154 valence electrons. The van der Waals surface area contributed by atoms with Crippen molar-refractivity contribution in [2.75, 3.05) is 7.11 Å². The van der Waals surface area contributed by atoms with Crippen LogP contribution in [0.5, 0.6) is 17.2 Å². The van der Waals surface area contributed by atoms with Gasteiger partial charge in [-0.2, -0.15) is 0 Å². The molecule has 0 bridgehead atoms. The highest BCUT2D eigenvalue weighted by Crippen LogP contribution is 2.35. The zero-order valence-electron chi connectivity index (χ0n) is 16.2. The highest BCUT2D eigenvalue weighted by molar-refractivity contribution is 6.14. The van der Waals surface area contributed by atoms with Crippen LogP contribution in [0.4, 0.5) is 5.69 Å². The molecule has 4 rings (SSSR count). The molecule has 0 atom stereocenters. The van der Waals surface area contributed by atoms with Crippen molar-refractivity contribution in [3.8, 4) is 17.2 Å². The van der Waals surface area contributed by atoms with Gasteiger partial charge in [0.2, 0.25) is 5.78 Å². The molecule has 0 unspecified atom stereocenters. The Bertz CT molecular complexity index is 1250. The van der Waals surface area contributed by atoms with Crippen LogP contribution in [0, 0.1) is 10.1 Å². The quantitative estimate of drug-likeness (QED) is 0.199. The summed E-state index contributed by atoms with van der Waals surface area (Å²) in [5.74, 6) is 0.109. The number of esters is 1. The molecule has 0 aromatic heterocycles. The van der Waals surface area contributed by atoms with E-state index in [9.17, 15) is 19.7 Å². The highest BCUT2D eigenvalue weighted by Gasteiger charge is 2.28. The molecule has 0 saturated heterocycles. The number of fused-ring (bicyclic) bond motifs is 1. The van der Waals surface area contributed by atoms with Crippen molar-refractivity contribution in [1.82, 2.24) is 0 Å². The van der Waals surface area contributed by atoms with Crippen LogP contribution in [0.2, 0.25) is 0 Å². The number of nitrogens with zero attached hydrogens (tertiary/aromatic N) is 1. The largest absolute Gasteiger partial charge is 0.497 e. The molecule has 8 heteroatoms. The number of nitro groups is 1. The summed E-state index contributed by atoms with van der Waals surface area (Å²) in [5, 5.41) is 10.9. The fourth-order valence-electron chi connectivity index (χ4n) is 3.03. The van der Waals surface area contributed by atoms with Gasteiger partial charge in [0.1, 0.15) is 17.2 Å². The number of rotatable bonds is 5. The van der Waals surface area contributed by atoms with E-state index in [0.717, 1.165) is 6.07 Å². The summed E-state index contributed by atoms with van der Waals surface area (Å²) in [6.45, 7) is 0. The Hall–Kier alpha value is -4.46. The Morgan fingerprint density at radius 1 is 1.06 bits per heavy atom. The van der Waals surface area contributed by atoms with Crippen LogP contribution in [-0.2, 0) is 0 Å². The third kappa shape index (κ3) is 3.99. The summed E-state index contributed by atoms with van der Waals surface area (Å²) in [6, 6.07) is 16.7. The summed E-state index contributed by atoms with van der Waals surface area (Å²) in [5.41, 5.74) is 0.648. The second-order valence-electron chi connectivity index (χ2n) is 6.54. The second-order valence-corrected chi connectivity index (χ2v) is 6.54. The van der Waals surface area contributed by atoms with Crippen LogP contribution in [0.25, 0.3) is 6.08 Å². The van der Waals surface area contributed by atoms with Crippen LogP contribution in [0.3, 0.4) is 0 Å². The SMILES string of the molecule is COc1ccc2c(c1)O/C(=C\c1ccccc1OC(=O)c1cccc([N+](=O)[O-])c1)C2=O. The minimum atomic E-state index is -0.763. The average molecular weight is 417 g/mol. The molecule has 31 heavy (non-hydrogen) atoms. The summed E-state index contributed by atoms with van der Waals surface area (Å²) in [6.07, 6.45) is 1.48. The molecule has 0 spiro atoms. The number of methoxy groups -OCH3 is 1. The molecule has 1 aliphatic rings. The zero-order valence-corrected chi connectivity index (χ0v) is 16.2. The number of hydrogen-bond donors (Lipinski definition) is 0. The molecule has 0 saturated carbocycles. The standard InChI is InChI=1S/C23H15NO7/c1-29-17-9-10-18-20(13-17)30-21(22(18)25)12-14-5-2-3-8-19(14)31-23(26)15-6-4-7-16(11-15)24(27)28/h2-13H,1H3/b21-12-. The fraction of sp³-hybridized carbons (Fsp3) is 0.0435. The number of ketones is 1. The van der Waals surface area contributed by atoms with Gasteiger partial charge in [0.05, 0.1) is 23.2 Å². The summed E-state index contributed by atoms with van der Waals surface area (Å²) in [4.78, 5) is 35.5. The zero-order chi connectivity index (χ0) is 22.0. The number of para-hydroxylation sites is 1. The molecule has 0 amide bonds. The number of benzene rings is 3. The van der Waals surface area contributed by atoms with E-state index in [4.69, 9.17) is 14.2 Å². The van der Waals surface area contributed by atoms with Gasteiger partial charge in [0.15, 0.2) is 5.76 Å². The first kappa shape index (κ1) is 19.8. The van der Waals surface area contributed by atoms with Gasteiger partial charge in [-0.1, -0.05) is 24.3 Å². The lowest BCUT2D eigenvalue weighted by atomic mass is 10.1. The molecule has 0 N–H and O–H groups in total. The molecule has 8 nitrogen and oxygen atoms in total. The molecule has 0 aliphatic carbocycles. The fourth-order valence-corrected chi connectivity index (χ4v) is 3.03. The Labute approximate surface area is 176 Å². The lowest BCUT2D eigenvalue weighted by Gasteiger charge is -2.08. The number of nitro benzene ring substituents is 1. The number of Topliss-reactive ketones (excluding diaryl/α,β-unsaturated/α-hetero) is 1. The van der Waals surface area contributed by atoms with Gasteiger partial charge >= 0.3 is 5.97 Å². The average Bonchev–Trinajstić information content (AvgIpc) is 3.09. The minimum Gasteiger partial charge on any atom is -0.497 e. The van der Waals surface area contributed by atoms with Gasteiger partial charge in [-0.25, -0.2) is 4.79 Å². The van der Waals surface area contributed by atoms with Crippen molar-refractivity contribution in [1.29, 1.82) is 0 Å². The number of ether oxygens (including phenoxy) is 3. The van der Waals surface area contributed by atoms with Gasteiger partial charge in [-0.15, -0.1) is 0 Å². The molecule has 3 aromatic carbocycles. The van der Waals surface area contributed by atoms with E-state index in [1.807, 2.05) is 0 Å². The number of carbonyl (C=O) groups is 2. The van der Waals surface area contributed by atoms with Crippen LogP contribution in [0.1, 0.15) is 26.3 Å². The third-order valence-electron chi connectivity index (χ3n) is 4.58. The van der Waals surface area contributed by atoms with Gasteiger partial charge < -0.3 is 14.2 Å². The van der Waals surface area contributed by atoms with E-state index in [-0.39, 0.29) is 28.5 Å². The highest BCUT2D eigenvalue weighted by atomic mass is 16.6. The lowest BCUT2D eigenvalue weighted by molar-refractivity contribution is -0.384. The molecule has 1 aliphatic heterocycles. The van der Waals surface area contributed by atoms with Gasteiger partial charge in [0, 0.05) is 23.8 Å². The van der Waals surface area contributed by atoms with E-state index >= 15 is 0 Å². The van der Waals surface area contributed by atoms with Crippen LogP contribution >= 0.6 is 0 Å². The molecule has 1 heterocycles. The Morgan fingerprint density at radius 2 is 1.87 bits per heavy atom. The maximum Gasteiger partial charge on any atom is 0.343 e. The number of allylic oxidation sites excluding steroid dienone is 1. The minimum absolute atomic E-state index is 0.0318. The summed E-state index contributed by atoms with van der Waals surface area (Å²) in [7, 11) is 1.52. The maximum atomic E-state index is 12.7. The Morgan fingerprint density at radius 3 is 2.65 bits per heavy atom. The normalized spacial score (nSPS) is 13.5. The van der Waals surface area contributed by atoms with Crippen molar-refractivity contribution in [3.05, 3.63) is 99.3 Å². The molecule has 0 radical (unpaired) electrons. The van der Waals surface area contributed by atoms with Gasteiger partial charge in [-0.05, 0) is 30.3 Å². The monoisotopic (exact) mass is 417 g/mol. The van der Waals surface area contributed by atoms with Crippen molar-refractivity contribution in [2.24, 2.45) is 0 Å². The first-order valence-electron chi connectivity index (χ1n) is 9.14. The van der Waals surface area contributed by atoms with E-state index in [1.165, 1.54) is 31.4 Å². The second kappa shape index (κ2) is 8.11. The predicted octanol–water partition coefficient (Wildman–Crippen LogP) is 4.44. The number of hydrogen-bond acceptors (Lipinski definition) is 7. The van der Waals surface area contributed by atoms with E-state index in [0.29, 0.717) is 22.6 Å². The molecular weight excluding hydrogens is 402 g/mol. The smallest absolute Gasteiger partial charge is 0.343 e. The first-order chi connectivity index (χ1) is 15.0.